The van der Waals surface area contributed by atoms with E-state index in [1.54, 1.807) is 6.08 Å². The summed E-state index contributed by atoms with van der Waals surface area (Å²) >= 11 is 0. The highest BCUT2D eigenvalue weighted by Gasteiger charge is 1.99. The smallest absolute Gasteiger partial charge is 0.0945 e. The van der Waals surface area contributed by atoms with Crippen molar-refractivity contribution in [2.24, 2.45) is 0 Å². The minimum atomic E-state index is 1.02. The minimum absolute atomic E-state index is 1.02. The highest BCUT2D eigenvalue weighted by molar-refractivity contribution is 5.14. The van der Waals surface area contributed by atoms with Crippen LogP contribution in [0.5, 0.6) is 0 Å². The summed E-state index contributed by atoms with van der Waals surface area (Å²) in [5.74, 6) is 0. The molecular formula is C17H25N3. The summed E-state index contributed by atoms with van der Waals surface area (Å²) in [5.41, 5.74) is 1.37. The van der Waals surface area contributed by atoms with Crippen LogP contribution in [-0.2, 0) is 13.1 Å². The Morgan fingerprint density at radius 3 is 2.60 bits per heavy atom. The first-order valence-electron chi connectivity index (χ1n) is 7.01. The molecule has 0 aliphatic carbocycles. The van der Waals surface area contributed by atoms with Crippen LogP contribution in [0.2, 0.25) is 0 Å². The number of rotatable bonds is 6. The van der Waals surface area contributed by atoms with Gasteiger partial charge in [0.1, 0.15) is 0 Å². The summed E-state index contributed by atoms with van der Waals surface area (Å²) in [6.07, 6.45) is 8.61. The monoisotopic (exact) mass is 271 g/mol. The van der Waals surface area contributed by atoms with E-state index in [2.05, 4.69) is 58.4 Å². The Kier molecular flexibility index (Phi) is 8.08. The maximum Gasteiger partial charge on any atom is 0.0945 e. The summed E-state index contributed by atoms with van der Waals surface area (Å²) in [6, 6.07) is 10.6. The van der Waals surface area contributed by atoms with Gasteiger partial charge in [-0.15, -0.1) is 6.58 Å². The number of hydrogen-bond acceptors (Lipinski definition) is 2. The lowest BCUT2D eigenvalue weighted by molar-refractivity contribution is 0.314. The molecule has 0 fully saturated rings. The summed E-state index contributed by atoms with van der Waals surface area (Å²) in [4.78, 5) is 6.39. The van der Waals surface area contributed by atoms with Gasteiger partial charge in [-0.05, 0) is 32.5 Å². The number of nitrogens with zero attached hydrogens (tertiary/aromatic N) is 3. The van der Waals surface area contributed by atoms with Gasteiger partial charge in [-0.2, -0.15) is 0 Å². The molecule has 1 heterocycles. The molecule has 0 saturated carbocycles. The van der Waals surface area contributed by atoms with Gasteiger partial charge in [0.2, 0.25) is 0 Å². The average Bonchev–Trinajstić information content (AvgIpc) is 2.94. The third-order valence-electron chi connectivity index (χ3n) is 2.81. The van der Waals surface area contributed by atoms with Crippen molar-refractivity contribution in [2.75, 3.05) is 13.6 Å². The maximum atomic E-state index is 4.04. The predicted octanol–water partition coefficient (Wildman–Crippen LogP) is 3.60. The largest absolute Gasteiger partial charge is 0.337 e. The third kappa shape index (κ3) is 6.90. The van der Waals surface area contributed by atoms with Crippen LogP contribution in [0.15, 0.2) is 61.7 Å². The fraction of sp³-hybridized carbons (Fsp3) is 0.353. The maximum absolute atomic E-state index is 4.04. The zero-order valence-electron chi connectivity index (χ0n) is 12.6. The molecule has 0 aliphatic rings. The van der Waals surface area contributed by atoms with Crippen molar-refractivity contribution in [2.45, 2.75) is 26.4 Å². The molecule has 0 amide bonds. The zero-order valence-corrected chi connectivity index (χ0v) is 12.6. The Morgan fingerprint density at radius 2 is 2.00 bits per heavy atom. The van der Waals surface area contributed by atoms with Crippen LogP contribution in [-0.4, -0.2) is 28.0 Å². The van der Waals surface area contributed by atoms with Gasteiger partial charge in [-0.1, -0.05) is 36.4 Å². The summed E-state index contributed by atoms with van der Waals surface area (Å²) in [7, 11) is 2.17. The Labute approximate surface area is 122 Å². The van der Waals surface area contributed by atoms with E-state index in [1.807, 2.05) is 25.6 Å². The number of aromatic nitrogens is 2. The SMILES string of the molecule is C=CC.CN(CCCn1ccnc1)Cc1ccccc1. The second-order valence-corrected chi connectivity index (χ2v) is 4.79. The van der Waals surface area contributed by atoms with Crippen molar-refractivity contribution in [3.63, 3.8) is 0 Å². The molecule has 0 aliphatic heterocycles. The van der Waals surface area contributed by atoms with Crippen LogP contribution in [0.25, 0.3) is 0 Å². The predicted molar refractivity (Wildman–Crippen MR) is 85.5 cm³/mol. The van der Waals surface area contributed by atoms with E-state index in [0.29, 0.717) is 0 Å². The number of aryl methyl sites for hydroxylation is 1. The molecule has 2 aromatic rings. The molecule has 108 valence electrons. The summed E-state index contributed by atoms with van der Waals surface area (Å²) < 4.78 is 2.12. The number of benzene rings is 1. The molecular weight excluding hydrogens is 246 g/mol. The lowest BCUT2D eigenvalue weighted by Crippen LogP contribution is -2.20. The van der Waals surface area contributed by atoms with E-state index >= 15 is 0 Å². The van der Waals surface area contributed by atoms with Gasteiger partial charge in [0.15, 0.2) is 0 Å². The molecule has 1 aromatic carbocycles. The van der Waals surface area contributed by atoms with Gasteiger partial charge in [0, 0.05) is 25.5 Å². The molecule has 0 radical (unpaired) electrons. The van der Waals surface area contributed by atoms with Gasteiger partial charge in [-0.3, -0.25) is 0 Å². The fourth-order valence-corrected chi connectivity index (χ4v) is 1.92. The molecule has 0 bridgehead atoms. The van der Waals surface area contributed by atoms with Gasteiger partial charge in [0.25, 0.3) is 0 Å². The topological polar surface area (TPSA) is 21.1 Å². The van der Waals surface area contributed by atoms with Crippen molar-refractivity contribution in [3.05, 3.63) is 67.3 Å². The van der Waals surface area contributed by atoms with Crippen LogP contribution >= 0.6 is 0 Å². The minimum Gasteiger partial charge on any atom is -0.337 e. The van der Waals surface area contributed by atoms with Crippen LogP contribution in [0.3, 0.4) is 0 Å². The standard InChI is InChI=1S/C14H19N3.C3H6/c1-16(12-14-6-3-2-4-7-14)9-5-10-17-11-8-15-13-17;1-3-2/h2-4,6-8,11,13H,5,9-10,12H2,1H3;3H,1H2,2H3. The quantitative estimate of drug-likeness (QED) is 0.749. The first kappa shape index (κ1) is 16.2. The molecule has 0 spiro atoms. The first-order valence-corrected chi connectivity index (χ1v) is 7.01. The van der Waals surface area contributed by atoms with Crippen LogP contribution in [0.4, 0.5) is 0 Å². The third-order valence-corrected chi connectivity index (χ3v) is 2.81. The second kappa shape index (κ2) is 9.98. The molecule has 2 rings (SSSR count). The lowest BCUT2D eigenvalue weighted by Gasteiger charge is -2.16. The first-order chi connectivity index (χ1) is 9.76. The fourth-order valence-electron chi connectivity index (χ4n) is 1.92. The summed E-state index contributed by atoms with van der Waals surface area (Å²) in [6.45, 7) is 8.41. The normalized spacial score (nSPS) is 9.95. The second-order valence-electron chi connectivity index (χ2n) is 4.79. The van der Waals surface area contributed by atoms with Crippen molar-refractivity contribution in [1.82, 2.24) is 14.5 Å². The molecule has 0 unspecified atom stereocenters. The van der Waals surface area contributed by atoms with Crippen molar-refractivity contribution >= 4 is 0 Å². The van der Waals surface area contributed by atoms with E-state index in [9.17, 15) is 0 Å². The van der Waals surface area contributed by atoms with E-state index in [0.717, 1.165) is 26.1 Å². The van der Waals surface area contributed by atoms with Crippen LogP contribution < -0.4 is 0 Å². The molecule has 0 saturated heterocycles. The summed E-state index contributed by atoms with van der Waals surface area (Å²) in [5, 5.41) is 0. The van der Waals surface area contributed by atoms with E-state index in [1.165, 1.54) is 5.56 Å². The van der Waals surface area contributed by atoms with Gasteiger partial charge in [-0.25, -0.2) is 4.98 Å². The van der Waals surface area contributed by atoms with Gasteiger partial charge >= 0.3 is 0 Å². The Morgan fingerprint density at radius 1 is 1.30 bits per heavy atom. The molecule has 1 aromatic heterocycles. The van der Waals surface area contributed by atoms with Crippen LogP contribution in [0.1, 0.15) is 18.9 Å². The molecule has 20 heavy (non-hydrogen) atoms. The Balaban J connectivity index is 0.000000612. The highest BCUT2D eigenvalue weighted by Crippen LogP contribution is 2.03. The highest BCUT2D eigenvalue weighted by atomic mass is 15.1. The van der Waals surface area contributed by atoms with E-state index in [-0.39, 0.29) is 0 Å². The zero-order chi connectivity index (χ0) is 14.6. The number of allylic oxidation sites excluding steroid dienone is 1. The van der Waals surface area contributed by atoms with E-state index < -0.39 is 0 Å². The van der Waals surface area contributed by atoms with E-state index in [4.69, 9.17) is 0 Å². The van der Waals surface area contributed by atoms with Crippen molar-refractivity contribution in [1.29, 1.82) is 0 Å². The molecule has 0 N–H and O–H groups in total. The Bertz CT molecular complexity index is 448. The average molecular weight is 271 g/mol. The van der Waals surface area contributed by atoms with Crippen molar-refractivity contribution < 1.29 is 0 Å². The number of hydrogen-bond donors (Lipinski definition) is 0. The van der Waals surface area contributed by atoms with Crippen LogP contribution in [0, 0.1) is 0 Å². The van der Waals surface area contributed by atoms with Gasteiger partial charge < -0.3 is 9.47 Å². The molecule has 0 atom stereocenters. The van der Waals surface area contributed by atoms with Gasteiger partial charge in [0.05, 0.1) is 6.33 Å². The Hall–Kier alpha value is -1.87. The number of imidazole rings is 1. The molecule has 3 nitrogen and oxygen atoms in total. The lowest BCUT2D eigenvalue weighted by atomic mass is 10.2. The van der Waals surface area contributed by atoms with Crippen molar-refractivity contribution in [3.8, 4) is 0 Å². The molecule has 3 heteroatoms.